The third kappa shape index (κ3) is 3.14. The molecule has 0 N–H and O–H groups in total. The fraction of sp³-hybridized carbons (Fsp3) is 0.174. The van der Waals surface area contributed by atoms with Gasteiger partial charge in [-0.25, -0.2) is 9.78 Å². The summed E-state index contributed by atoms with van der Waals surface area (Å²) in [6, 6.07) is 11.9. The molecule has 0 saturated carbocycles. The second-order valence-electron chi connectivity index (χ2n) is 7.00. The number of ether oxygens (including phenoxy) is 1. The van der Waals surface area contributed by atoms with Gasteiger partial charge in [0.25, 0.3) is 0 Å². The van der Waals surface area contributed by atoms with Crippen LogP contribution in [-0.2, 0) is 4.74 Å². The summed E-state index contributed by atoms with van der Waals surface area (Å²) < 4.78 is 5.07. The summed E-state index contributed by atoms with van der Waals surface area (Å²) in [5.74, 6) is -1.42. The minimum Gasteiger partial charge on any atom is -0.461 e. The van der Waals surface area contributed by atoms with Crippen molar-refractivity contribution in [2.45, 2.75) is 6.92 Å². The highest BCUT2D eigenvalue weighted by atomic mass is 16.5. The van der Waals surface area contributed by atoms with Gasteiger partial charge >= 0.3 is 5.97 Å². The Balaban J connectivity index is 1.97. The lowest BCUT2D eigenvalue weighted by Crippen LogP contribution is -2.25. The molecule has 0 atom stereocenters. The topological polar surface area (TPSA) is 89.5 Å². The van der Waals surface area contributed by atoms with E-state index in [4.69, 9.17) is 4.74 Å². The van der Waals surface area contributed by atoms with Crippen molar-refractivity contribution in [1.29, 1.82) is 0 Å². The van der Waals surface area contributed by atoms with Crippen LogP contribution < -0.4 is 4.90 Å². The zero-order valence-corrected chi connectivity index (χ0v) is 16.8. The van der Waals surface area contributed by atoms with Crippen molar-refractivity contribution >= 4 is 23.2 Å². The molecule has 150 valence electrons. The molecule has 30 heavy (non-hydrogen) atoms. The third-order valence-corrected chi connectivity index (χ3v) is 4.90. The van der Waals surface area contributed by atoms with Crippen LogP contribution in [0.2, 0.25) is 0 Å². The Morgan fingerprint density at radius 3 is 2.40 bits per heavy atom. The number of nitrogens with zero attached hydrogens (tertiary/aromatic N) is 3. The number of pyridine rings is 2. The minimum atomic E-state index is -0.654. The predicted octanol–water partition coefficient (Wildman–Crippen LogP) is 3.16. The SMILES string of the molecule is CCOC(=O)c1cc2c(c(-c3ccc(N(C)C)cc3)n1)C(=O)c1cccnc1C2=O. The second kappa shape index (κ2) is 7.51. The number of aromatic nitrogens is 2. The Kier molecular flexibility index (Phi) is 4.87. The van der Waals surface area contributed by atoms with Crippen molar-refractivity contribution in [3.8, 4) is 11.3 Å². The minimum absolute atomic E-state index is 0.0252. The van der Waals surface area contributed by atoms with Gasteiger partial charge in [-0.15, -0.1) is 0 Å². The standard InChI is InChI=1S/C23H19N3O4/c1-4-30-23(29)17-12-16-18(21(27)15-6-5-11-24-20(15)22(16)28)19(25-17)13-7-9-14(10-8-13)26(2)3/h5-12H,4H2,1-3H3. The van der Waals surface area contributed by atoms with Crippen molar-refractivity contribution in [3.63, 3.8) is 0 Å². The van der Waals surface area contributed by atoms with Gasteiger partial charge in [0.05, 0.1) is 23.4 Å². The lowest BCUT2D eigenvalue weighted by Gasteiger charge is -2.20. The highest BCUT2D eigenvalue weighted by Crippen LogP contribution is 2.34. The Labute approximate surface area is 173 Å². The Morgan fingerprint density at radius 1 is 1.00 bits per heavy atom. The summed E-state index contributed by atoms with van der Waals surface area (Å²) in [5, 5.41) is 0. The predicted molar refractivity (Wildman–Crippen MR) is 111 cm³/mol. The molecule has 1 aliphatic rings. The number of rotatable bonds is 4. The van der Waals surface area contributed by atoms with E-state index in [1.807, 2.05) is 43.3 Å². The van der Waals surface area contributed by atoms with Crippen LogP contribution in [0, 0.1) is 0 Å². The molecule has 2 heterocycles. The first-order chi connectivity index (χ1) is 14.4. The quantitative estimate of drug-likeness (QED) is 0.485. The third-order valence-electron chi connectivity index (χ3n) is 4.90. The van der Waals surface area contributed by atoms with Crippen LogP contribution >= 0.6 is 0 Å². The number of anilines is 1. The number of carbonyl (C=O) groups is 3. The summed E-state index contributed by atoms with van der Waals surface area (Å²) in [7, 11) is 3.84. The summed E-state index contributed by atoms with van der Waals surface area (Å²) in [5.41, 5.74) is 2.41. The molecular weight excluding hydrogens is 382 g/mol. The maximum absolute atomic E-state index is 13.3. The maximum Gasteiger partial charge on any atom is 0.356 e. The van der Waals surface area contributed by atoms with E-state index in [-0.39, 0.29) is 46.2 Å². The smallest absolute Gasteiger partial charge is 0.356 e. The Hall–Kier alpha value is -3.87. The lowest BCUT2D eigenvalue weighted by atomic mass is 9.84. The van der Waals surface area contributed by atoms with Crippen molar-refractivity contribution < 1.29 is 19.1 Å². The molecule has 1 aromatic carbocycles. The van der Waals surface area contributed by atoms with E-state index in [2.05, 4.69) is 9.97 Å². The highest BCUT2D eigenvalue weighted by molar-refractivity contribution is 6.29. The highest BCUT2D eigenvalue weighted by Gasteiger charge is 2.35. The van der Waals surface area contributed by atoms with Gasteiger partial charge in [-0.2, -0.15) is 0 Å². The molecule has 0 unspecified atom stereocenters. The van der Waals surface area contributed by atoms with E-state index in [9.17, 15) is 14.4 Å². The molecule has 0 radical (unpaired) electrons. The number of ketones is 2. The second-order valence-corrected chi connectivity index (χ2v) is 7.00. The molecule has 0 bridgehead atoms. The van der Waals surface area contributed by atoms with Gasteiger partial charge in [0.1, 0.15) is 11.4 Å². The number of hydrogen-bond donors (Lipinski definition) is 0. The molecule has 4 rings (SSSR count). The average molecular weight is 401 g/mol. The van der Waals surface area contributed by atoms with Crippen LogP contribution in [0.15, 0.2) is 48.7 Å². The zero-order chi connectivity index (χ0) is 21.4. The van der Waals surface area contributed by atoms with Gasteiger partial charge in [-0.05, 0) is 37.3 Å². The molecule has 0 spiro atoms. The van der Waals surface area contributed by atoms with Gasteiger partial charge in [0, 0.05) is 37.1 Å². The first-order valence-electron chi connectivity index (χ1n) is 9.46. The fourth-order valence-corrected chi connectivity index (χ4v) is 3.42. The molecular formula is C23H19N3O4. The van der Waals surface area contributed by atoms with Gasteiger partial charge in [-0.1, -0.05) is 12.1 Å². The van der Waals surface area contributed by atoms with Crippen LogP contribution in [0.3, 0.4) is 0 Å². The van der Waals surface area contributed by atoms with E-state index in [1.54, 1.807) is 19.1 Å². The molecule has 7 heteroatoms. The van der Waals surface area contributed by atoms with Crippen molar-refractivity contribution in [2.24, 2.45) is 0 Å². The van der Waals surface area contributed by atoms with Gasteiger partial charge in [0.15, 0.2) is 5.78 Å². The molecule has 7 nitrogen and oxygen atoms in total. The van der Waals surface area contributed by atoms with Crippen molar-refractivity contribution in [2.75, 3.05) is 25.6 Å². The van der Waals surface area contributed by atoms with E-state index in [1.165, 1.54) is 12.3 Å². The molecule has 0 fully saturated rings. The molecule has 0 aliphatic heterocycles. The summed E-state index contributed by atoms with van der Waals surface area (Å²) in [6.45, 7) is 1.85. The largest absolute Gasteiger partial charge is 0.461 e. The van der Waals surface area contributed by atoms with Crippen LogP contribution in [-0.4, -0.2) is 48.2 Å². The Bertz CT molecular complexity index is 1180. The van der Waals surface area contributed by atoms with E-state index in [0.29, 0.717) is 5.56 Å². The van der Waals surface area contributed by atoms with Crippen molar-refractivity contribution in [3.05, 3.63) is 76.7 Å². The molecule has 0 saturated heterocycles. The van der Waals surface area contributed by atoms with Gasteiger partial charge in [0.2, 0.25) is 5.78 Å². The normalized spacial score (nSPS) is 12.2. The van der Waals surface area contributed by atoms with E-state index >= 15 is 0 Å². The van der Waals surface area contributed by atoms with Gasteiger partial charge < -0.3 is 9.64 Å². The first kappa shape index (κ1) is 19.4. The summed E-state index contributed by atoms with van der Waals surface area (Å²) in [6.07, 6.45) is 1.46. The molecule has 3 aromatic rings. The van der Waals surface area contributed by atoms with E-state index in [0.717, 1.165) is 5.69 Å². The van der Waals surface area contributed by atoms with Crippen molar-refractivity contribution in [1.82, 2.24) is 9.97 Å². The van der Waals surface area contributed by atoms with Gasteiger partial charge in [-0.3, -0.25) is 14.6 Å². The van der Waals surface area contributed by atoms with Crippen LogP contribution in [0.5, 0.6) is 0 Å². The number of benzene rings is 1. The van der Waals surface area contributed by atoms with E-state index < -0.39 is 11.8 Å². The maximum atomic E-state index is 13.3. The molecule has 2 aromatic heterocycles. The first-order valence-corrected chi connectivity index (χ1v) is 9.46. The van der Waals surface area contributed by atoms with Crippen LogP contribution in [0.25, 0.3) is 11.3 Å². The molecule has 1 aliphatic carbocycles. The Morgan fingerprint density at radius 2 is 1.73 bits per heavy atom. The summed E-state index contributed by atoms with van der Waals surface area (Å²) >= 11 is 0. The van der Waals surface area contributed by atoms with Crippen LogP contribution in [0.4, 0.5) is 5.69 Å². The number of hydrogen-bond acceptors (Lipinski definition) is 7. The molecule has 0 amide bonds. The van der Waals surface area contributed by atoms with Crippen LogP contribution in [0.1, 0.15) is 49.4 Å². The number of carbonyl (C=O) groups excluding carboxylic acids is 3. The zero-order valence-electron chi connectivity index (χ0n) is 16.8. The fourth-order valence-electron chi connectivity index (χ4n) is 3.42. The average Bonchev–Trinajstić information content (AvgIpc) is 2.77. The monoisotopic (exact) mass is 401 g/mol. The lowest BCUT2D eigenvalue weighted by molar-refractivity contribution is 0.0519. The number of esters is 1. The number of fused-ring (bicyclic) bond motifs is 2. The summed E-state index contributed by atoms with van der Waals surface area (Å²) in [4.78, 5) is 49.2.